The van der Waals surface area contributed by atoms with E-state index in [1.54, 1.807) is 6.20 Å². The zero-order valence-electron chi connectivity index (χ0n) is 12.0. The SMILES string of the molecule is O=C(N[C@H]1CCN2CCCC[C@H]12)c1cn2ccccc2n1. The molecule has 0 radical (unpaired) electrons. The highest BCUT2D eigenvalue weighted by Gasteiger charge is 2.36. The molecule has 0 aliphatic carbocycles. The Balaban J connectivity index is 1.50. The number of nitrogens with one attached hydrogen (secondary N) is 1. The van der Waals surface area contributed by atoms with Crippen LogP contribution in [0.1, 0.15) is 36.2 Å². The van der Waals surface area contributed by atoms with E-state index in [0.29, 0.717) is 11.7 Å². The molecule has 5 nitrogen and oxygen atoms in total. The summed E-state index contributed by atoms with van der Waals surface area (Å²) in [6.07, 6.45) is 8.56. The van der Waals surface area contributed by atoms with Crippen molar-refractivity contribution in [2.24, 2.45) is 0 Å². The molecule has 2 saturated heterocycles. The zero-order chi connectivity index (χ0) is 14.2. The van der Waals surface area contributed by atoms with Gasteiger partial charge in [-0.25, -0.2) is 4.98 Å². The summed E-state index contributed by atoms with van der Waals surface area (Å²) in [5.74, 6) is -0.0453. The molecule has 2 aliphatic heterocycles. The summed E-state index contributed by atoms with van der Waals surface area (Å²) in [5.41, 5.74) is 1.32. The van der Waals surface area contributed by atoms with E-state index >= 15 is 0 Å². The number of amides is 1. The summed E-state index contributed by atoms with van der Waals surface area (Å²) in [6.45, 7) is 2.30. The zero-order valence-corrected chi connectivity index (χ0v) is 12.0. The fraction of sp³-hybridized carbons (Fsp3) is 0.500. The van der Waals surface area contributed by atoms with Crippen LogP contribution in [0, 0.1) is 0 Å². The van der Waals surface area contributed by atoms with Crippen molar-refractivity contribution in [1.29, 1.82) is 0 Å². The Kier molecular flexibility index (Phi) is 3.15. The van der Waals surface area contributed by atoms with Gasteiger partial charge in [0, 0.05) is 31.0 Å². The number of nitrogens with zero attached hydrogens (tertiary/aromatic N) is 3. The van der Waals surface area contributed by atoms with E-state index in [0.717, 1.165) is 18.6 Å². The third kappa shape index (κ3) is 2.31. The van der Waals surface area contributed by atoms with Crippen LogP contribution in [0.25, 0.3) is 5.65 Å². The van der Waals surface area contributed by atoms with Crippen molar-refractivity contribution in [3.05, 3.63) is 36.3 Å². The van der Waals surface area contributed by atoms with Crippen molar-refractivity contribution >= 4 is 11.6 Å². The van der Waals surface area contributed by atoms with Crippen molar-refractivity contribution < 1.29 is 4.79 Å². The van der Waals surface area contributed by atoms with Crippen molar-refractivity contribution in [3.63, 3.8) is 0 Å². The van der Waals surface area contributed by atoms with Gasteiger partial charge in [-0.15, -0.1) is 0 Å². The largest absolute Gasteiger partial charge is 0.346 e. The predicted octanol–water partition coefficient (Wildman–Crippen LogP) is 1.69. The molecular formula is C16H20N4O. The van der Waals surface area contributed by atoms with E-state index in [1.807, 2.05) is 28.8 Å². The summed E-state index contributed by atoms with van der Waals surface area (Å²) >= 11 is 0. The molecule has 0 saturated carbocycles. The number of rotatable bonds is 2. The molecule has 2 aromatic heterocycles. The van der Waals surface area contributed by atoms with Gasteiger partial charge in [-0.2, -0.15) is 0 Å². The molecule has 2 aliphatic rings. The average Bonchev–Trinajstić information content (AvgIpc) is 3.11. The number of imidazole rings is 1. The van der Waals surface area contributed by atoms with Gasteiger partial charge in [0.15, 0.2) is 0 Å². The van der Waals surface area contributed by atoms with Crippen LogP contribution in [-0.4, -0.2) is 45.4 Å². The minimum Gasteiger partial charge on any atom is -0.346 e. The minimum atomic E-state index is -0.0453. The maximum atomic E-state index is 12.4. The van der Waals surface area contributed by atoms with Gasteiger partial charge in [-0.3, -0.25) is 9.69 Å². The van der Waals surface area contributed by atoms with Gasteiger partial charge in [0.05, 0.1) is 0 Å². The van der Waals surface area contributed by atoms with Crippen LogP contribution >= 0.6 is 0 Å². The standard InChI is InChI=1S/C16H20N4O/c21-16(13-11-20-9-4-2-6-15(20)17-13)18-12-7-10-19-8-3-1-5-14(12)19/h2,4,6,9,11-12,14H,1,3,5,7-8,10H2,(H,18,21)/t12-,14+/m0/s1. The number of hydrogen-bond donors (Lipinski definition) is 1. The van der Waals surface area contributed by atoms with E-state index in [2.05, 4.69) is 15.2 Å². The normalized spacial score (nSPS) is 25.9. The molecule has 0 unspecified atom stereocenters. The van der Waals surface area contributed by atoms with Crippen molar-refractivity contribution in [2.45, 2.75) is 37.8 Å². The van der Waals surface area contributed by atoms with Gasteiger partial charge in [0.1, 0.15) is 11.3 Å². The number of hydrogen-bond acceptors (Lipinski definition) is 3. The molecule has 21 heavy (non-hydrogen) atoms. The fourth-order valence-electron chi connectivity index (χ4n) is 3.70. The number of piperidine rings is 1. The van der Waals surface area contributed by atoms with Crippen molar-refractivity contribution in [3.8, 4) is 0 Å². The summed E-state index contributed by atoms with van der Waals surface area (Å²) in [7, 11) is 0. The van der Waals surface area contributed by atoms with Crippen molar-refractivity contribution in [2.75, 3.05) is 13.1 Å². The van der Waals surface area contributed by atoms with Crippen LogP contribution < -0.4 is 5.32 Å². The van der Waals surface area contributed by atoms with Crippen LogP contribution in [0.5, 0.6) is 0 Å². The smallest absolute Gasteiger partial charge is 0.271 e. The molecule has 4 heterocycles. The molecule has 2 aromatic rings. The van der Waals surface area contributed by atoms with Gasteiger partial charge < -0.3 is 9.72 Å². The third-order valence-electron chi connectivity index (χ3n) is 4.77. The number of aromatic nitrogens is 2. The van der Waals surface area contributed by atoms with E-state index in [1.165, 1.54) is 25.8 Å². The topological polar surface area (TPSA) is 49.6 Å². The number of pyridine rings is 1. The van der Waals surface area contributed by atoms with E-state index < -0.39 is 0 Å². The van der Waals surface area contributed by atoms with Gasteiger partial charge in [0.2, 0.25) is 0 Å². The van der Waals surface area contributed by atoms with Crippen LogP contribution in [0.2, 0.25) is 0 Å². The van der Waals surface area contributed by atoms with Gasteiger partial charge in [-0.1, -0.05) is 12.5 Å². The molecule has 2 fully saturated rings. The second kappa shape index (κ2) is 5.15. The second-order valence-corrected chi connectivity index (χ2v) is 6.06. The molecule has 2 atom stereocenters. The molecule has 0 bridgehead atoms. The Hall–Kier alpha value is -1.88. The highest BCUT2D eigenvalue weighted by atomic mass is 16.2. The van der Waals surface area contributed by atoms with Crippen LogP contribution in [-0.2, 0) is 0 Å². The average molecular weight is 284 g/mol. The van der Waals surface area contributed by atoms with Gasteiger partial charge >= 0.3 is 0 Å². The summed E-state index contributed by atoms with van der Waals surface area (Å²) in [4.78, 5) is 19.4. The molecule has 1 N–H and O–H groups in total. The summed E-state index contributed by atoms with van der Waals surface area (Å²) in [6, 6.07) is 6.59. The Labute approximate surface area is 124 Å². The monoisotopic (exact) mass is 284 g/mol. The maximum absolute atomic E-state index is 12.4. The van der Waals surface area contributed by atoms with Crippen molar-refractivity contribution in [1.82, 2.24) is 19.6 Å². The molecule has 110 valence electrons. The second-order valence-electron chi connectivity index (χ2n) is 6.06. The quantitative estimate of drug-likeness (QED) is 0.913. The molecule has 1 amide bonds. The van der Waals surface area contributed by atoms with E-state index in [-0.39, 0.29) is 11.9 Å². The first-order valence-electron chi connectivity index (χ1n) is 7.80. The van der Waals surface area contributed by atoms with Gasteiger partial charge in [-0.05, 0) is 37.9 Å². The van der Waals surface area contributed by atoms with E-state index in [4.69, 9.17) is 0 Å². The number of carbonyl (C=O) groups excluding carboxylic acids is 1. The first-order valence-corrected chi connectivity index (χ1v) is 7.80. The van der Waals surface area contributed by atoms with Crippen LogP contribution in [0.15, 0.2) is 30.6 Å². The Morgan fingerprint density at radius 1 is 1.24 bits per heavy atom. The third-order valence-corrected chi connectivity index (χ3v) is 4.77. The molecule has 0 spiro atoms. The number of fused-ring (bicyclic) bond motifs is 2. The highest BCUT2D eigenvalue weighted by Crippen LogP contribution is 2.27. The number of carbonyl (C=O) groups is 1. The van der Waals surface area contributed by atoms with Crippen LogP contribution in [0.4, 0.5) is 0 Å². The fourth-order valence-corrected chi connectivity index (χ4v) is 3.70. The Bertz CT molecular complexity index is 632. The molecule has 5 heteroatoms. The minimum absolute atomic E-state index is 0.0453. The molecule has 0 aromatic carbocycles. The van der Waals surface area contributed by atoms with Gasteiger partial charge in [0.25, 0.3) is 5.91 Å². The lowest BCUT2D eigenvalue weighted by atomic mass is 9.99. The van der Waals surface area contributed by atoms with E-state index in [9.17, 15) is 4.79 Å². The lowest BCUT2D eigenvalue weighted by Crippen LogP contribution is -2.46. The lowest BCUT2D eigenvalue weighted by molar-refractivity contribution is 0.0911. The summed E-state index contributed by atoms with van der Waals surface area (Å²) < 4.78 is 1.89. The van der Waals surface area contributed by atoms with Crippen LogP contribution in [0.3, 0.4) is 0 Å². The predicted molar refractivity (Wildman–Crippen MR) is 80.3 cm³/mol. The molecular weight excluding hydrogens is 264 g/mol. The Morgan fingerprint density at radius 2 is 2.19 bits per heavy atom. The summed E-state index contributed by atoms with van der Waals surface area (Å²) in [5, 5.41) is 3.20. The Morgan fingerprint density at radius 3 is 3.10 bits per heavy atom. The first kappa shape index (κ1) is 12.8. The highest BCUT2D eigenvalue weighted by molar-refractivity contribution is 5.93. The maximum Gasteiger partial charge on any atom is 0.271 e. The first-order chi connectivity index (χ1) is 10.3. The lowest BCUT2D eigenvalue weighted by Gasteiger charge is -2.32. The molecule has 4 rings (SSSR count).